The minimum absolute atomic E-state index is 0. The summed E-state index contributed by atoms with van der Waals surface area (Å²) in [5.74, 6) is 1.21. The molecule has 0 amide bonds. The number of hydrogen-bond donors (Lipinski definition) is 2. The molecule has 0 aromatic heterocycles. The van der Waals surface area contributed by atoms with Gasteiger partial charge in [0.15, 0.2) is 0 Å². The number of aliphatic hydroxyl groups excluding tert-OH is 1. The van der Waals surface area contributed by atoms with Crippen molar-refractivity contribution >= 4 is 11.8 Å². The zero-order valence-corrected chi connectivity index (χ0v) is 32.6. The molecule has 0 fully saturated rings. The molecule has 0 aromatic carbocycles. The molecule has 282 valence electrons. The molecule has 2 N–H and O–H groups in total. The molecule has 1 atom stereocenters. The van der Waals surface area contributed by atoms with E-state index >= 15 is 0 Å². The number of allylic oxidation sites excluding steroid dienone is 4. The Balaban J connectivity index is 0.0000221. The number of carbonyl (C=O) groups excluding carboxylic acids is 1. The Morgan fingerprint density at radius 1 is 0.688 bits per heavy atom. The molecule has 0 bridgehead atoms. The van der Waals surface area contributed by atoms with E-state index in [9.17, 15) is 9.90 Å². The maximum absolute atomic E-state index is 12.3. The average Bonchev–Trinajstić information content (AvgIpc) is 3.45. The minimum Gasteiger partial charge on any atom is -1.00 e. The first-order chi connectivity index (χ1) is 23.2. The van der Waals surface area contributed by atoms with E-state index in [4.69, 9.17) is 4.74 Å². The number of β-amino-alcohol motifs (C(OH)–C–C–N with tert-alkyl or cyclic N) is 1. The van der Waals surface area contributed by atoms with E-state index < -0.39 is 0 Å². The van der Waals surface area contributed by atoms with E-state index in [0.717, 1.165) is 32.2 Å². The number of amidine groups is 1. The summed E-state index contributed by atoms with van der Waals surface area (Å²) in [5.41, 5.74) is 0. The molecule has 0 radical (unpaired) electrons. The SMILES string of the molecule is CCCCCCCC/C=C\CCCCCCCC(=O)OCCC1CNC(CCCCCCC/C=C\CCCCCCCC)=[N+]1CCO.[Cl-]. The van der Waals surface area contributed by atoms with E-state index in [1.54, 1.807) is 0 Å². The van der Waals surface area contributed by atoms with Crippen molar-refractivity contribution in [1.29, 1.82) is 0 Å². The lowest BCUT2D eigenvalue weighted by atomic mass is 10.1. The number of nitrogens with one attached hydrogen (secondary N) is 1. The van der Waals surface area contributed by atoms with Gasteiger partial charge in [-0.1, -0.05) is 141 Å². The number of ether oxygens (including phenoxy) is 1. The lowest BCUT2D eigenvalue weighted by molar-refractivity contribution is -0.559. The van der Waals surface area contributed by atoms with Crippen LogP contribution in [0.15, 0.2) is 24.3 Å². The quantitative estimate of drug-likeness (QED) is 0.0303. The topological polar surface area (TPSA) is 61.6 Å². The van der Waals surface area contributed by atoms with Gasteiger partial charge in [0, 0.05) is 19.3 Å². The van der Waals surface area contributed by atoms with E-state index in [1.165, 1.54) is 160 Å². The van der Waals surface area contributed by atoms with Gasteiger partial charge in [-0.15, -0.1) is 0 Å². The molecule has 48 heavy (non-hydrogen) atoms. The third-order valence-electron chi connectivity index (χ3n) is 9.70. The van der Waals surface area contributed by atoms with Crippen molar-refractivity contribution in [3.63, 3.8) is 0 Å². The molecule has 0 saturated heterocycles. The zero-order valence-electron chi connectivity index (χ0n) is 31.8. The van der Waals surface area contributed by atoms with Crippen LogP contribution in [0.4, 0.5) is 0 Å². The largest absolute Gasteiger partial charge is 1.00 e. The highest BCUT2D eigenvalue weighted by Gasteiger charge is 2.30. The Labute approximate surface area is 304 Å². The van der Waals surface area contributed by atoms with Crippen LogP contribution in [-0.4, -0.2) is 53.8 Å². The van der Waals surface area contributed by atoms with Crippen LogP contribution in [0, 0.1) is 0 Å². The number of halogens is 1. The number of esters is 1. The smallest absolute Gasteiger partial charge is 0.305 e. The van der Waals surface area contributed by atoms with Crippen molar-refractivity contribution in [3.05, 3.63) is 24.3 Å². The summed E-state index contributed by atoms with van der Waals surface area (Å²) in [5, 5.41) is 13.3. The molecule has 1 heterocycles. The summed E-state index contributed by atoms with van der Waals surface area (Å²) in [7, 11) is 0. The number of aliphatic hydroxyl groups is 1. The number of carbonyl (C=O) groups is 1. The predicted molar refractivity (Wildman–Crippen MR) is 203 cm³/mol. The third kappa shape index (κ3) is 28.5. The highest BCUT2D eigenvalue weighted by atomic mass is 35.5. The lowest BCUT2D eigenvalue weighted by Gasteiger charge is -2.12. The monoisotopic (exact) mass is 695 g/mol. The Kier molecular flexibility index (Phi) is 35.9. The maximum atomic E-state index is 12.3. The Bertz CT molecular complexity index is 798. The first-order valence-electron chi connectivity index (χ1n) is 20.7. The van der Waals surface area contributed by atoms with Gasteiger partial charge in [0.25, 0.3) is 0 Å². The fourth-order valence-corrected chi connectivity index (χ4v) is 6.67. The van der Waals surface area contributed by atoms with Gasteiger partial charge in [0.1, 0.15) is 19.1 Å². The lowest BCUT2D eigenvalue weighted by Crippen LogP contribution is -3.00. The van der Waals surface area contributed by atoms with E-state index in [1.807, 2.05) is 0 Å². The molecular formula is C42H79ClN2O3. The van der Waals surface area contributed by atoms with Crippen LogP contribution in [0.1, 0.15) is 200 Å². The van der Waals surface area contributed by atoms with Gasteiger partial charge < -0.3 is 22.3 Å². The van der Waals surface area contributed by atoms with Crippen LogP contribution in [0.25, 0.3) is 0 Å². The minimum atomic E-state index is -0.0557. The molecule has 6 heteroatoms. The summed E-state index contributed by atoms with van der Waals surface area (Å²) < 4.78 is 7.92. The van der Waals surface area contributed by atoms with Crippen molar-refractivity contribution in [2.24, 2.45) is 0 Å². The Hall–Kier alpha value is -1.33. The van der Waals surface area contributed by atoms with Crippen molar-refractivity contribution in [3.8, 4) is 0 Å². The summed E-state index contributed by atoms with van der Waals surface area (Å²) in [6.45, 7) is 6.71. The average molecular weight is 696 g/mol. The fraction of sp³-hybridized carbons (Fsp3) is 0.857. The first-order valence-corrected chi connectivity index (χ1v) is 20.7. The second kappa shape index (κ2) is 36.9. The van der Waals surface area contributed by atoms with Crippen LogP contribution in [-0.2, 0) is 9.53 Å². The normalized spacial score (nSPS) is 14.7. The van der Waals surface area contributed by atoms with Crippen LogP contribution < -0.4 is 17.7 Å². The second-order valence-electron chi connectivity index (χ2n) is 14.1. The zero-order chi connectivity index (χ0) is 33.9. The van der Waals surface area contributed by atoms with Crippen LogP contribution in [0.5, 0.6) is 0 Å². The van der Waals surface area contributed by atoms with Crippen LogP contribution in [0.2, 0.25) is 0 Å². The predicted octanol–water partition coefficient (Wildman–Crippen LogP) is 8.37. The molecule has 0 saturated carbocycles. The van der Waals surface area contributed by atoms with Gasteiger partial charge in [0.05, 0.1) is 13.2 Å². The molecule has 1 rings (SSSR count). The van der Waals surface area contributed by atoms with Crippen molar-refractivity contribution < 1.29 is 31.6 Å². The fourth-order valence-electron chi connectivity index (χ4n) is 6.67. The maximum Gasteiger partial charge on any atom is 0.305 e. The van der Waals surface area contributed by atoms with Gasteiger partial charge in [-0.25, -0.2) is 0 Å². The van der Waals surface area contributed by atoms with Crippen molar-refractivity contribution in [2.75, 3.05) is 26.3 Å². The van der Waals surface area contributed by atoms with Gasteiger partial charge >= 0.3 is 5.97 Å². The number of rotatable bonds is 35. The van der Waals surface area contributed by atoms with Gasteiger partial charge in [0.2, 0.25) is 5.84 Å². The molecule has 0 aliphatic carbocycles. The molecule has 0 spiro atoms. The van der Waals surface area contributed by atoms with E-state index in [2.05, 4.69) is 48.0 Å². The highest BCUT2D eigenvalue weighted by molar-refractivity contribution is 5.78. The summed E-state index contributed by atoms with van der Waals surface area (Å²) >= 11 is 0. The van der Waals surface area contributed by atoms with Crippen LogP contribution >= 0.6 is 0 Å². The first kappa shape index (κ1) is 46.7. The van der Waals surface area contributed by atoms with Gasteiger partial charge in [-0.05, 0) is 64.2 Å². The molecular weight excluding hydrogens is 616 g/mol. The van der Waals surface area contributed by atoms with Gasteiger partial charge in [-0.2, -0.15) is 0 Å². The number of nitrogens with zero attached hydrogens (tertiary/aromatic N) is 1. The third-order valence-corrected chi connectivity index (χ3v) is 9.70. The summed E-state index contributed by atoms with van der Waals surface area (Å²) in [6.07, 6.45) is 45.5. The van der Waals surface area contributed by atoms with Crippen LogP contribution in [0.3, 0.4) is 0 Å². The Morgan fingerprint density at radius 3 is 1.60 bits per heavy atom. The number of unbranched alkanes of at least 4 members (excludes halogenated alkanes) is 22. The Morgan fingerprint density at radius 2 is 1.12 bits per heavy atom. The van der Waals surface area contributed by atoms with Crippen molar-refractivity contribution in [1.82, 2.24) is 5.32 Å². The molecule has 5 nitrogen and oxygen atoms in total. The van der Waals surface area contributed by atoms with E-state index in [0.29, 0.717) is 25.6 Å². The molecule has 1 unspecified atom stereocenters. The standard InChI is InChI=1S/C42H78N2O3.ClH/c1-3-5-7-9-11-13-15-17-19-21-23-25-27-29-31-33-41-43-39-40(44(41)36-37-45)35-38-47-42(46)34-32-30-28-26-24-22-20-18-16-14-12-10-8-6-4-2;/h17-20,40,45H,3-16,21-39H2,1-2H3;1H/b19-17-,20-18-;. The van der Waals surface area contributed by atoms with E-state index in [-0.39, 0.29) is 25.0 Å². The van der Waals surface area contributed by atoms with Crippen molar-refractivity contribution in [2.45, 2.75) is 206 Å². The van der Waals surface area contributed by atoms with Gasteiger partial charge in [-0.3, -0.25) is 14.7 Å². The number of hydrogen-bond acceptors (Lipinski definition) is 4. The molecule has 1 aliphatic rings. The summed E-state index contributed by atoms with van der Waals surface area (Å²) in [6, 6.07) is 0.299. The summed E-state index contributed by atoms with van der Waals surface area (Å²) in [4.78, 5) is 12.3. The second-order valence-corrected chi connectivity index (χ2v) is 14.1. The molecule has 0 aromatic rings. The highest BCUT2D eigenvalue weighted by Crippen LogP contribution is 2.14. The molecule has 1 aliphatic heterocycles.